The third-order valence-electron chi connectivity index (χ3n) is 19.8. The minimum atomic E-state index is -1.92. The summed E-state index contributed by atoms with van der Waals surface area (Å²) in [6.07, 6.45) is -13.8. The Morgan fingerprint density at radius 3 is 1.61 bits per heavy atom. The summed E-state index contributed by atoms with van der Waals surface area (Å²) in [6, 6.07) is 0. The summed E-state index contributed by atoms with van der Waals surface area (Å²) < 4.78 is 105. The van der Waals surface area contributed by atoms with Gasteiger partial charge in [-0.1, -0.05) is 39.3 Å². The van der Waals surface area contributed by atoms with E-state index in [1.54, 1.807) is 0 Å². The van der Waals surface area contributed by atoms with E-state index in [0.29, 0.717) is 55.5 Å². The number of carbonyl (C=O) groups is 9. The van der Waals surface area contributed by atoms with Crippen LogP contribution in [0.5, 0.6) is 0 Å². The van der Waals surface area contributed by atoms with Gasteiger partial charge in [-0.25, -0.2) is 0 Å². The van der Waals surface area contributed by atoms with Gasteiger partial charge in [0.15, 0.2) is 73.5 Å². The highest BCUT2D eigenvalue weighted by Crippen LogP contribution is 2.71. The van der Waals surface area contributed by atoms with E-state index >= 15 is 0 Å². The van der Waals surface area contributed by atoms with Crippen molar-refractivity contribution in [2.45, 2.75) is 252 Å². The summed E-state index contributed by atoms with van der Waals surface area (Å²) in [5.41, 5.74) is 1.09. The van der Waals surface area contributed by atoms with E-state index in [0.717, 1.165) is 101 Å². The molecular weight excluding hydrogens is 1160 g/mol. The summed E-state index contributed by atoms with van der Waals surface area (Å²) in [5, 5.41) is 0. The zero-order valence-corrected chi connectivity index (χ0v) is 52.6. The molecule has 0 radical (unpaired) electrons. The number of esters is 9. The van der Waals surface area contributed by atoms with Crippen molar-refractivity contribution in [1.29, 1.82) is 0 Å². The zero-order chi connectivity index (χ0) is 63.9. The Kier molecular flexibility index (Phi) is 20.8. The van der Waals surface area contributed by atoms with Crippen LogP contribution in [0.2, 0.25) is 0 Å². The second-order valence-corrected chi connectivity index (χ2v) is 26.0. The van der Waals surface area contributed by atoms with Gasteiger partial charge in [-0.05, 0) is 91.8 Å². The average Bonchev–Trinajstić information content (AvgIpc) is 1.45. The first-order chi connectivity index (χ1) is 41.5. The molecule has 7 unspecified atom stereocenters. The van der Waals surface area contributed by atoms with Crippen molar-refractivity contribution in [2.75, 3.05) is 26.4 Å². The third kappa shape index (κ3) is 14.2. The van der Waals surface area contributed by atoms with Gasteiger partial charge in [0.05, 0.1) is 25.4 Å². The first-order valence-corrected chi connectivity index (χ1v) is 30.9. The molecule has 5 heterocycles. The van der Waals surface area contributed by atoms with Crippen LogP contribution in [0.4, 0.5) is 0 Å². The lowest BCUT2D eigenvalue weighted by atomic mass is 9.47. The van der Waals surface area contributed by atoms with E-state index < -0.39 is 171 Å². The summed E-state index contributed by atoms with van der Waals surface area (Å²) in [4.78, 5) is 115. The Morgan fingerprint density at radius 1 is 0.523 bits per heavy atom. The Labute approximate surface area is 512 Å². The second-order valence-electron chi connectivity index (χ2n) is 26.0. The summed E-state index contributed by atoms with van der Waals surface area (Å²) in [6.45, 7) is 18.2. The molecule has 9 aliphatic rings. The second kappa shape index (κ2) is 27.2. The molecule has 5 saturated heterocycles. The molecule has 0 amide bonds. The van der Waals surface area contributed by atoms with Crippen LogP contribution in [0.1, 0.15) is 148 Å². The van der Waals surface area contributed by atoms with Crippen molar-refractivity contribution in [3.8, 4) is 0 Å². The molecule has 0 bridgehead atoms. The molecule has 0 aromatic rings. The smallest absolute Gasteiger partial charge is 0.303 e. The number of allylic oxidation sites excluding steroid dienone is 1. The van der Waals surface area contributed by atoms with Crippen molar-refractivity contribution in [1.82, 2.24) is 0 Å². The normalized spacial score (nSPS) is 42.5. The monoisotopic (exact) mass is 1250 g/mol. The fraction of sp³-hybridized carbons (Fsp3) is 0.823. The van der Waals surface area contributed by atoms with Crippen molar-refractivity contribution < 1.29 is 124 Å². The molecule has 1 spiro atoms. The molecule has 88 heavy (non-hydrogen) atoms. The Morgan fingerprint density at radius 2 is 1.05 bits per heavy atom. The number of ether oxygens (including phenoxy) is 17. The quantitative estimate of drug-likeness (QED) is 0.105. The van der Waals surface area contributed by atoms with Crippen molar-refractivity contribution in [2.24, 2.45) is 46.3 Å². The first-order valence-electron chi connectivity index (χ1n) is 30.9. The van der Waals surface area contributed by atoms with E-state index in [4.69, 9.17) is 80.5 Å². The van der Waals surface area contributed by atoms with Crippen molar-refractivity contribution in [3.05, 3.63) is 11.6 Å². The standard InChI is InChI=1S/C62H88O26/c1-28-16-21-62(75-24-28)29(2)48-44(88-62)23-43-41-15-14-39-22-40(17-19-60(39,12)42(41)18-20-61(43,48)13)83-58-56(87-59-55(82-38(11)71)52(79-35(8)68)49(77-33(6)66)46(85-59)25-72-30(3)63)53(80-36(9)69)50(47(84-58)26-73-31(4)64)86-57-54(81-37(10)70)51(78-34(7)67)45(27-74-57)76-32(5)65/h14,28-29,40-59H,15-27H2,1-13H3/t28?,29-,40?,41?,42?,43?,44?,45-,46+,47+,48?,49+,50+,51+,52-,53-,54+,55+,56+,57-,58+,59-,60-,61-,62+/m0/s1. The van der Waals surface area contributed by atoms with Crippen LogP contribution in [0.3, 0.4) is 0 Å². The Hall–Kier alpha value is -5.35. The predicted octanol–water partition coefficient (Wildman–Crippen LogP) is 4.96. The van der Waals surface area contributed by atoms with Crippen molar-refractivity contribution in [3.63, 3.8) is 0 Å². The number of hydrogen-bond acceptors (Lipinski definition) is 26. The molecule has 26 heteroatoms. The van der Waals surface area contributed by atoms with E-state index in [1.165, 1.54) is 5.57 Å². The summed E-state index contributed by atoms with van der Waals surface area (Å²) in [5.74, 6) is -5.91. The predicted molar refractivity (Wildman–Crippen MR) is 296 cm³/mol. The van der Waals surface area contributed by atoms with Crippen LogP contribution in [-0.4, -0.2) is 184 Å². The third-order valence-corrected chi connectivity index (χ3v) is 19.8. The van der Waals surface area contributed by atoms with Crippen LogP contribution in [0, 0.1) is 46.3 Å². The van der Waals surface area contributed by atoms with E-state index in [9.17, 15) is 43.2 Å². The molecule has 9 rings (SSSR count). The maximum absolute atomic E-state index is 13.7. The number of hydrogen-bond donors (Lipinski definition) is 0. The topological polar surface area (TPSA) is 311 Å². The Balaban J connectivity index is 1.08. The average molecular weight is 1250 g/mol. The van der Waals surface area contributed by atoms with Crippen LogP contribution in [0.25, 0.3) is 0 Å². The fourth-order valence-corrected chi connectivity index (χ4v) is 16.3. The molecular formula is C62H88O26. The minimum absolute atomic E-state index is 0.0800. The molecule has 0 aromatic carbocycles. The van der Waals surface area contributed by atoms with Crippen molar-refractivity contribution >= 4 is 53.7 Å². The molecule has 0 aromatic heterocycles. The molecule has 4 aliphatic carbocycles. The SMILES string of the molecule is CC(=O)OC[C@H]1O[C@@H](O[C@H]2[C@H](OC3CC[C@@]4(C)C(=CCC5C6CC7O[C@]8(CCC(C)CO8)[C@@H](C)C7[C@@]6(C)CCC54)C3)O[C@H](COC(C)=O)[C@@H](O[C@@H]3OC[C@H](OC(C)=O)[C@@H](OC(C)=O)[C@H]3OC(C)=O)[C@@H]2OC(C)=O)[C@H](OC(C)=O)[C@@H](OC(C)=O)[C@@H]1OC(C)=O. The van der Waals surface area contributed by atoms with Gasteiger partial charge in [-0.3, -0.25) is 43.2 Å². The van der Waals surface area contributed by atoms with Gasteiger partial charge in [0.2, 0.25) is 0 Å². The Bertz CT molecular complexity index is 2650. The molecule has 8 fully saturated rings. The van der Waals surface area contributed by atoms with Crippen LogP contribution in [0.15, 0.2) is 11.6 Å². The maximum Gasteiger partial charge on any atom is 0.303 e. The van der Waals surface area contributed by atoms with Crippen LogP contribution >= 0.6 is 0 Å². The molecule has 25 atom stereocenters. The molecule has 492 valence electrons. The summed E-state index contributed by atoms with van der Waals surface area (Å²) in [7, 11) is 0. The van der Waals surface area contributed by atoms with Gasteiger partial charge in [0.25, 0.3) is 0 Å². The van der Waals surface area contributed by atoms with Gasteiger partial charge in [-0.15, -0.1) is 0 Å². The lowest BCUT2D eigenvalue weighted by molar-refractivity contribution is -0.387. The maximum atomic E-state index is 13.7. The fourth-order valence-electron chi connectivity index (χ4n) is 16.3. The van der Waals surface area contributed by atoms with Gasteiger partial charge in [-0.2, -0.15) is 0 Å². The molecule has 26 nitrogen and oxygen atoms in total. The summed E-state index contributed by atoms with van der Waals surface area (Å²) >= 11 is 0. The molecule has 3 saturated carbocycles. The van der Waals surface area contributed by atoms with Crippen LogP contribution in [-0.2, 0) is 124 Å². The van der Waals surface area contributed by atoms with Crippen LogP contribution < -0.4 is 0 Å². The number of fused-ring (bicyclic) bond motifs is 7. The largest absolute Gasteiger partial charge is 0.463 e. The first kappa shape index (κ1) is 67.1. The van der Waals surface area contributed by atoms with Gasteiger partial charge in [0.1, 0.15) is 31.5 Å². The number of carbonyl (C=O) groups excluding carboxylic acids is 9. The highest BCUT2D eigenvalue weighted by atomic mass is 16.8. The lowest BCUT2D eigenvalue weighted by Gasteiger charge is -2.59. The zero-order valence-electron chi connectivity index (χ0n) is 52.6. The van der Waals surface area contributed by atoms with E-state index in [2.05, 4.69) is 33.8 Å². The molecule has 5 aliphatic heterocycles. The minimum Gasteiger partial charge on any atom is -0.463 e. The van der Waals surface area contributed by atoms with E-state index in [-0.39, 0.29) is 22.9 Å². The highest BCUT2D eigenvalue weighted by molar-refractivity contribution is 5.70. The van der Waals surface area contributed by atoms with Gasteiger partial charge < -0.3 is 80.5 Å². The molecule has 0 N–H and O–H groups in total. The number of rotatable bonds is 17. The highest BCUT2D eigenvalue weighted by Gasteiger charge is 2.69. The van der Waals surface area contributed by atoms with Gasteiger partial charge >= 0.3 is 53.7 Å². The van der Waals surface area contributed by atoms with E-state index in [1.807, 2.05) is 0 Å². The van der Waals surface area contributed by atoms with Gasteiger partial charge in [0, 0.05) is 74.7 Å². The lowest BCUT2D eigenvalue weighted by Crippen LogP contribution is -2.68.